The number of hydrogen-bond donors (Lipinski definition) is 3. The molecule has 0 saturated heterocycles. The molecule has 0 amide bonds. The summed E-state index contributed by atoms with van der Waals surface area (Å²) in [6.07, 6.45) is 0. The van der Waals surface area contributed by atoms with Crippen molar-refractivity contribution in [1.82, 2.24) is 4.72 Å². The van der Waals surface area contributed by atoms with Crippen molar-refractivity contribution in [2.45, 2.75) is 17.4 Å². The number of aliphatic hydroxyl groups is 2. The highest BCUT2D eigenvalue weighted by molar-refractivity contribution is 14.1. The molecule has 0 aliphatic rings. The Labute approximate surface area is 114 Å². The van der Waals surface area contributed by atoms with Gasteiger partial charge < -0.3 is 10.2 Å². The predicted molar refractivity (Wildman–Crippen MR) is 72.1 cm³/mol. The lowest BCUT2D eigenvalue weighted by molar-refractivity contribution is 0.122. The third-order valence-corrected chi connectivity index (χ3v) is 4.58. The molecule has 0 bridgehead atoms. The van der Waals surface area contributed by atoms with Crippen LogP contribution in [0.4, 0.5) is 0 Å². The molecule has 0 atom stereocenters. The Hall–Kier alpha value is -0.220. The van der Waals surface area contributed by atoms with Crippen molar-refractivity contribution in [3.63, 3.8) is 0 Å². The van der Waals surface area contributed by atoms with Crippen LogP contribution < -0.4 is 4.72 Å². The first kappa shape index (κ1) is 14.8. The standard InChI is InChI=1S/C10H14INO4S/c1-10(6-13,7-14)12-17(15,16)9-4-2-8(11)3-5-9/h2-5,12-14H,6-7H2,1H3. The fourth-order valence-corrected chi connectivity index (χ4v) is 2.86. The van der Waals surface area contributed by atoms with Crippen LogP contribution in [0.1, 0.15) is 6.92 Å². The third-order valence-electron chi connectivity index (χ3n) is 2.20. The third kappa shape index (κ3) is 3.88. The number of halogens is 1. The summed E-state index contributed by atoms with van der Waals surface area (Å²) in [6, 6.07) is 6.28. The fourth-order valence-electron chi connectivity index (χ4n) is 1.11. The molecular weight excluding hydrogens is 357 g/mol. The maximum Gasteiger partial charge on any atom is 0.241 e. The first-order valence-corrected chi connectivity index (χ1v) is 7.40. The van der Waals surface area contributed by atoms with Gasteiger partial charge in [-0.15, -0.1) is 0 Å². The number of nitrogens with one attached hydrogen (secondary N) is 1. The van der Waals surface area contributed by atoms with Gasteiger partial charge in [0.1, 0.15) is 0 Å². The summed E-state index contributed by atoms with van der Waals surface area (Å²) in [5.41, 5.74) is -1.26. The van der Waals surface area contributed by atoms with E-state index in [-0.39, 0.29) is 4.90 Å². The first-order chi connectivity index (χ1) is 7.83. The summed E-state index contributed by atoms with van der Waals surface area (Å²) >= 11 is 2.07. The van der Waals surface area contributed by atoms with Crippen LogP contribution in [0.15, 0.2) is 29.2 Å². The maximum absolute atomic E-state index is 11.9. The van der Waals surface area contributed by atoms with Crippen LogP contribution in [0.5, 0.6) is 0 Å². The zero-order valence-electron chi connectivity index (χ0n) is 9.22. The minimum atomic E-state index is -3.73. The van der Waals surface area contributed by atoms with Gasteiger partial charge in [0.05, 0.1) is 23.6 Å². The Morgan fingerprint density at radius 2 is 1.71 bits per heavy atom. The number of benzene rings is 1. The van der Waals surface area contributed by atoms with Gasteiger partial charge in [-0.25, -0.2) is 13.1 Å². The van der Waals surface area contributed by atoms with E-state index in [2.05, 4.69) is 27.3 Å². The van der Waals surface area contributed by atoms with E-state index < -0.39 is 28.8 Å². The quantitative estimate of drug-likeness (QED) is 0.651. The molecule has 0 aliphatic carbocycles. The Kier molecular flexibility index (Phi) is 4.90. The minimum absolute atomic E-state index is 0.103. The summed E-state index contributed by atoms with van der Waals surface area (Å²) in [4.78, 5) is 0.103. The van der Waals surface area contributed by atoms with E-state index in [1.165, 1.54) is 19.1 Å². The fraction of sp³-hybridized carbons (Fsp3) is 0.400. The minimum Gasteiger partial charge on any atom is -0.394 e. The zero-order chi connectivity index (χ0) is 13.1. The molecular formula is C10H14INO4S. The Balaban J connectivity index is 3.00. The van der Waals surface area contributed by atoms with Crippen molar-refractivity contribution in [2.24, 2.45) is 0 Å². The monoisotopic (exact) mass is 371 g/mol. The molecule has 96 valence electrons. The number of aliphatic hydroxyl groups excluding tert-OH is 2. The lowest BCUT2D eigenvalue weighted by atomic mass is 10.1. The van der Waals surface area contributed by atoms with Gasteiger partial charge >= 0.3 is 0 Å². The molecule has 3 N–H and O–H groups in total. The van der Waals surface area contributed by atoms with E-state index >= 15 is 0 Å². The molecule has 17 heavy (non-hydrogen) atoms. The van der Waals surface area contributed by atoms with Gasteiger partial charge in [0, 0.05) is 3.57 Å². The second kappa shape index (κ2) is 5.61. The van der Waals surface area contributed by atoms with Crippen LogP contribution in [0.3, 0.4) is 0 Å². The summed E-state index contributed by atoms with van der Waals surface area (Å²) < 4.78 is 27.1. The zero-order valence-corrected chi connectivity index (χ0v) is 12.2. The van der Waals surface area contributed by atoms with Gasteiger partial charge in [0.2, 0.25) is 10.0 Å². The van der Waals surface area contributed by atoms with Gasteiger partial charge in [0.25, 0.3) is 0 Å². The van der Waals surface area contributed by atoms with Crippen molar-refractivity contribution in [1.29, 1.82) is 0 Å². The van der Waals surface area contributed by atoms with Crippen molar-refractivity contribution in [2.75, 3.05) is 13.2 Å². The average molecular weight is 371 g/mol. The summed E-state index contributed by atoms with van der Waals surface area (Å²) in [5.74, 6) is 0. The van der Waals surface area contributed by atoms with Crippen molar-refractivity contribution < 1.29 is 18.6 Å². The largest absolute Gasteiger partial charge is 0.394 e. The number of hydrogen-bond acceptors (Lipinski definition) is 4. The molecule has 0 fully saturated rings. The molecule has 0 spiro atoms. The Morgan fingerprint density at radius 3 is 2.12 bits per heavy atom. The Bertz CT molecular complexity index is 468. The lowest BCUT2D eigenvalue weighted by Crippen LogP contribution is -2.51. The number of rotatable bonds is 5. The summed E-state index contributed by atoms with van der Waals surface area (Å²) in [5, 5.41) is 18.1. The number of sulfonamides is 1. The van der Waals surface area contributed by atoms with Crippen molar-refractivity contribution >= 4 is 32.6 Å². The molecule has 1 aromatic carbocycles. The molecule has 1 aromatic rings. The Morgan fingerprint density at radius 1 is 1.24 bits per heavy atom. The smallest absolute Gasteiger partial charge is 0.241 e. The first-order valence-electron chi connectivity index (χ1n) is 4.84. The van der Waals surface area contributed by atoms with Crippen LogP contribution in [-0.2, 0) is 10.0 Å². The topological polar surface area (TPSA) is 86.6 Å². The molecule has 0 unspecified atom stereocenters. The second-order valence-corrected chi connectivity index (χ2v) is 6.86. The molecule has 5 nitrogen and oxygen atoms in total. The van der Waals surface area contributed by atoms with E-state index in [4.69, 9.17) is 10.2 Å². The molecule has 7 heteroatoms. The highest BCUT2D eigenvalue weighted by Crippen LogP contribution is 2.14. The molecule has 0 aliphatic heterocycles. The molecule has 0 radical (unpaired) electrons. The van der Waals surface area contributed by atoms with Gasteiger partial charge in [-0.1, -0.05) is 0 Å². The predicted octanol–water partition coefficient (Wildman–Crippen LogP) is 0.313. The second-order valence-electron chi connectivity index (χ2n) is 3.94. The molecule has 0 saturated carbocycles. The van der Waals surface area contributed by atoms with Crippen LogP contribution >= 0.6 is 22.6 Å². The summed E-state index contributed by atoms with van der Waals surface area (Å²) in [6.45, 7) is 0.470. The SMILES string of the molecule is CC(CO)(CO)NS(=O)(=O)c1ccc(I)cc1. The van der Waals surface area contributed by atoms with E-state index in [1.54, 1.807) is 12.1 Å². The lowest BCUT2D eigenvalue weighted by Gasteiger charge is -2.25. The van der Waals surface area contributed by atoms with Crippen LogP contribution in [0.25, 0.3) is 0 Å². The van der Waals surface area contributed by atoms with Gasteiger partial charge in [-0.2, -0.15) is 0 Å². The van der Waals surface area contributed by atoms with E-state index in [0.717, 1.165) is 3.57 Å². The molecule has 1 rings (SSSR count). The highest BCUT2D eigenvalue weighted by Gasteiger charge is 2.29. The van der Waals surface area contributed by atoms with Crippen molar-refractivity contribution in [3.8, 4) is 0 Å². The average Bonchev–Trinajstić information content (AvgIpc) is 2.29. The summed E-state index contributed by atoms with van der Waals surface area (Å²) in [7, 11) is -3.73. The van der Waals surface area contributed by atoms with E-state index in [1.807, 2.05) is 0 Å². The van der Waals surface area contributed by atoms with Crippen LogP contribution in [0, 0.1) is 3.57 Å². The molecule has 0 aromatic heterocycles. The van der Waals surface area contributed by atoms with Crippen LogP contribution in [-0.4, -0.2) is 37.4 Å². The van der Waals surface area contributed by atoms with Gasteiger partial charge in [-0.05, 0) is 53.8 Å². The van der Waals surface area contributed by atoms with Gasteiger partial charge in [-0.3, -0.25) is 0 Å². The van der Waals surface area contributed by atoms with Crippen molar-refractivity contribution in [3.05, 3.63) is 27.8 Å². The molecule has 0 heterocycles. The van der Waals surface area contributed by atoms with E-state index in [9.17, 15) is 8.42 Å². The van der Waals surface area contributed by atoms with Gasteiger partial charge in [0.15, 0.2) is 0 Å². The van der Waals surface area contributed by atoms with E-state index in [0.29, 0.717) is 0 Å². The maximum atomic E-state index is 11.9. The van der Waals surface area contributed by atoms with Crippen LogP contribution in [0.2, 0.25) is 0 Å². The normalized spacial score (nSPS) is 12.7. The highest BCUT2D eigenvalue weighted by atomic mass is 127.